The van der Waals surface area contributed by atoms with Gasteiger partial charge in [0.15, 0.2) is 5.82 Å². The zero-order valence-electron chi connectivity index (χ0n) is 13.0. The quantitative estimate of drug-likeness (QED) is 0.752. The average Bonchev–Trinajstić information content (AvgIpc) is 2.85. The van der Waals surface area contributed by atoms with E-state index in [1.165, 1.54) is 5.56 Å². The van der Waals surface area contributed by atoms with Crippen LogP contribution in [0.5, 0.6) is 0 Å². The van der Waals surface area contributed by atoms with Crippen molar-refractivity contribution in [2.24, 2.45) is 0 Å². The van der Waals surface area contributed by atoms with Crippen molar-refractivity contribution in [2.75, 3.05) is 13.1 Å². The SMILES string of the molecule is CCCNCC(C)c1c(C)nc(-c2ccc(Br)s2)nc1C. The number of nitrogens with one attached hydrogen (secondary N) is 1. The third-order valence-corrected chi connectivity index (χ3v) is 5.11. The Labute approximate surface area is 139 Å². The molecule has 0 radical (unpaired) electrons. The van der Waals surface area contributed by atoms with Crippen molar-refractivity contribution < 1.29 is 0 Å². The van der Waals surface area contributed by atoms with E-state index >= 15 is 0 Å². The molecule has 0 fully saturated rings. The third kappa shape index (κ3) is 4.11. The predicted molar refractivity (Wildman–Crippen MR) is 94.1 cm³/mol. The van der Waals surface area contributed by atoms with Crippen LogP contribution in [0.1, 0.15) is 43.1 Å². The van der Waals surface area contributed by atoms with E-state index in [9.17, 15) is 0 Å². The fourth-order valence-electron chi connectivity index (χ4n) is 2.58. The van der Waals surface area contributed by atoms with E-state index in [0.29, 0.717) is 5.92 Å². The molecular weight excluding hydrogens is 346 g/mol. The standard InChI is InChI=1S/C16H22BrN3S/c1-5-8-18-9-10(2)15-11(3)19-16(20-12(15)4)13-6-7-14(17)21-13/h6-7,10,18H,5,8-9H2,1-4H3. The summed E-state index contributed by atoms with van der Waals surface area (Å²) in [5.74, 6) is 1.26. The van der Waals surface area contributed by atoms with E-state index in [1.54, 1.807) is 11.3 Å². The van der Waals surface area contributed by atoms with Gasteiger partial charge in [0.25, 0.3) is 0 Å². The van der Waals surface area contributed by atoms with Crippen LogP contribution in [0.25, 0.3) is 10.7 Å². The molecule has 5 heteroatoms. The van der Waals surface area contributed by atoms with Gasteiger partial charge in [-0.15, -0.1) is 11.3 Å². The molecule has 1 atom stereocenters. The molecule has 0 aliphatic rings. The molecule has 2 aromatic heterocycles. The van der Waals surface area contributed by atoms with Gasteiger partial charge in [-0.2, -0.15) is 0 Å². The first-order valence-electron chi connectivity index (χ1n) is 7.34. The number of thiophene rings is 1. The number of aromatic nitrogens is 2. The zero-order valence-corrected chi connectivity index (χ0v) is 15.4. The lowest BCUT2D eigenvalue weighted by Gasteiger charge is -2.17. The molecule has 0 amide bonds. The first-order valence-corrected chi connectivity index (χ1v) is 8.95. The van der Waals surface area contributed by atoms with E-state index in [4.69, 9.17) is 9.97 Å². The highest BCUT2D eigenvalue weighted by Gasteiger charge is 2.16. The van der Waals surface area contributed by atoms with Crippen molar-refractivity contribution in [3.05, 3.63) is 32.9 Å². The lowest BCUT2D eigenvalue weighted by atomic mass is 9.98. The van der Waals surface area contributed by atoms with E-state index < -0.39 is 0 Å². The van der Waals surface area contributed by atoms with Gasteiger partial charge >= 0.3 is 0 Å². The van der Waals surface area contributed by atoms with Crippen LogP contribution in [0.4, 0.5) is 0 Å². The Morgan fingerprint density at radius 1 is 1.24 bits per heavy atom. The Bertz CT molecular complexity index is 586. The Kier molecular flexibility index (Phi) is 5.90. The Hall–Kier alpha value is -0.780. The van der Waals surface area contributed by atoms with E-state index in [0.717, 1.165) is 45.4 Å². The first-order chi connectivity index (χ1) is 10.0. The van der Waals surface area contributed by atoms with Gasteiger partial charge in [-0.1, -0.05) is 13.8 Å². The maximum absolute atomic E-state index is 4.72. The Morgan fingerprint density at radius 2 is 1.90 bits per heavy atom. The predicted octanol–water partition coefficient (Wildman–Crippen LogP) is 4.69. The highest BCUT2D eigenvalue weighted by atomic mass is 79.9. The first kappa shape index (κ1) is 16.6. The summed E-state index contributed by atoms with van der Waals surface area (Å²) in [5.41, 5.74) is 3.46. The second-order valence-corrected chi connectivity index (χ2v) is 7.80. The van der Waals surface area contributed by atoms with Gasteiger partial charge in [0.05, 0.1) is 8.66 Å². The molecule has 0 saturated carbocycles. The molecule has 1 unspecified atom stereocenters. The molecule has 2 heterocycles. The summed E-state index contributed by atoms with van der Waals surface area (Å²) >= 11 is 5.16. The van der Waals surface area contributed by atoms with Gasteiger partial charge in [0.2, 0.25) is 0 Å². The Balaban J connectivity index is 2.25. The minimum absolute atomic E-state index is 0.431. The van der Waals surface area contributed by atoms with Crippen molar-refractivity contribution in [3.63, 3.8) is 0 Å². The fourth-order valence-corrected chi connectivity index (χ4v) is 3.90. The summed E-state index contributed by atoms with van der Waals surface area (Å²) in [5, 5.41) is 3.48. The monoisotopic (exact) mass is 367 g/mol. The molecule has 21 heavy (non-hydrogen) atoms. The number of hydrogen-bond donors (Lipinski definition) is 1. The van der Waals surface area contributed by atoms with Crippen LogP contribution in [0.2, 0.25) is 0 Å². The van der Waals surface area contributed by atoms with Gasteiger partial charge in [0, 0.05) is 17.9 Å². The molecule has 114 valence electrons. The topological polar surface area (TPSA) is 37.8 Å². The number of aryl methyl sites for hydroxylation is 2. The summed E-state index contributed by atoms with van der Waals surface area (Å²) in [6, 6.07) is 4.11. The largest absolute Gasteiger partial charge is 0.316 e. The number of nitrogens with zero attached hydrogens (tertiary/aromatic N) is 2. The van der Waals surface area contributed by atoms with Crippen LogP contribution in [0.3, 0.4) is 0 Å². The molecule has 3 nitrogen and oxygen atoms in total. The minimum Gasteiger partial charge on any atom is -0.316 e. The van der Waals surface area contributed by atoms with Gasteiger partial charge in [-0.25, -0.2) is 9.97 Å². The molecule has 0 saturated heterocycles. The lowest BCUT2D eigenvalue weighted by Crippen LogP contribution is -2.22. The molecule has 0 bridgehead atoms. The van der Waals surface area contributed by atoms with Gasteiger partial charge in [-0.3, -0.25) is 0 Å². The van der Waals surface area contributed by atoms with Crippen LogP contribution in [-0.4, -0.2) is 23.1 Å². The second kappa shape index (κ2) is 7.47. The van der Waals surface area contributed by atoms with Crippen molar-refractivity contribution >= 4 is 27.3 Å². The molecule has 2 aromatic rings. The molecule has 2 rings (SSSR count). The molecule has 1 N–H and O–H groups in total. The second-order valence-electron chi connectivity index (χ2n) is 5.34. The summed E-state index contributed by atoms with van der Waals surface area (Å²) < 4.78 is 1.11. The summed E-state index contributed by atoms with van der Waals surface area (Å²) in [6.07, 6.45) is 1.16. The van der Waals surface area contributed by atoms with Crippen LogP contribution < -0.4 is 5.32 Å². The van der Waals surface area contributed by atoms with E-state index in [2.05, 4.69) is 55.0 Å². The van der Waals surface area contributed by atoms with Gasteiger partial charge in [-0.05, 0) is 66.4 Å². The summed E-state index contributed by atoms with van der Waals surface area (Å²) in [6.45, 7) is 10.6. The van der Waals surface area contributed by atoms with Crippen LogP contribution in [0, 0.1) is 13.8 Å². The molecule has 0 aliphatic carbocycles. The lowest BCUT2D eigenvalue weighted by molar-refractivity contribution is 0.601. The third-order valence-electron chi connectivity index (χ3n) is 3.49. The van der Waals surface area contributed by atoms with Crippen molar-refractivity contribution in [1.82, 2.24) is 15.3 Å². The van der Waals surface area contributed by atoms with E-state index in [1.807, 2.05) is 6.07 Å². The number of halogens is 1. The van der Waals surface area contributed by atoms with Crippen molar-refractivity contribution in [2.45, 2.75) is 40.0 Å². The highest BCUT2D eigenvalue weighted by molar-refractivity contribution is 9.11. The van der Waals surface area contributed by atoms with Gasteiger partial charge < -0.3 is 5.32 Å². The number of hydrogen-bond acceptors (Lipinski definition) is 4. The normalized spacial score (nSPS) is 12.6. The van der Waals surface area contributed by atoms with E-state index in [-0.39, 0.29) is 0 Å². The van der Waals surface area contributed by atoms with Gasteiger partial charge in [0.1, 0.15) is 0 Å². The highest BCUT2D eigenvalue weighted by Crippen LogP contribution is 2.31. The average molecular weight is 368 g/mol. The molecule has 0 aromatic carbocycles. The van der Waals surface area contributed by atoms with Crippen LogP contribution in [0.15, 0.2) is 15.9 Å². The van der Waals surface area contributed by atoms with Crippen LogP contribution in [-0.2, 0) is 0 Å². The molecule has 0 spiro atoms. The maximum Gasteiger partial charge on any atom is 0.169 e. The number of rotatable bonds is 6. The molecule has 0 aliphatic heterocycles. The smallest absolute Gasteiger partial charge is 0.169 e. The maximum atomic E-state index is 4.72. The minimum atomic E-state index is 0.431. The summed E-state index contributed by atoms with van der Waals surface area (Å²) in [4.78, 5) is 10.5. The van der Waals surface area contributed by atoms with Crippen molar-refractivity contribution in [1.29, 1.82) is 0 Å². The van der Waals surface area contributed by atoms with Crippen molar-refractivity contribution in [3.8, 4) is 10.7 Å². The Morgan fingerprint density at radius 3 is 2.43 bits per heavy atom. The molecular formula is C16H22BrN3S. The summed E-state index contributed by atoms with van der Waals surface area (Å²) in [7, 11) is 0. The zero-order chi connectivity index (χ0) is 15.4. The fraction of sp³-hybridized carbons (Fsp3) is 0.500. The van der Waals surface area contributed by atoms with Crippen LogP contribution >= 0.6 is 27.3 Å².